The highest BCUT2D eigenvalue weighted by Crippen LogP contribution is 2.67. The third kappa shape index (κ3) is 2.40. The van der Waals surface area contributed by atoms with Gasteiger partial charge in [-0.3, -0.25) is 4.79 Å². The summed E-state index contributed by atoms with van der Waals surface area (Å²) in [7, 11) is 0. The summed E-state index contributed by atoms with van der Waals surface area (Å²) in [5, 5.41) is 3.03. The maximum Gasteiger partial charge on any atom is 0.220 e. The van der Waals surface area contributed by atoms with Gasteiger partial charge in [0.2, 0.25) is 5.91 Å². The van der Waals surface area contributed by atoms with Crippen molar-refractivity contribution in [3.8, 4) is 0 Å². The van der Waals surface area contributed by atoms with Gasteiger partial charge in [0.15, 0.2) is 0 Å². The fourth-order valence-corrected chi connectivity index (χ4v) is 2.53. The fraction of sp³-hybridized carbons (Fsp3) is 0.923. The van der Waals surface area contributed by atoms with Gasteiger partial charge in [0.05, 0.1) is 0 Å². The van der Waals surface area contributed by atoms with Crippen molar-refractivity contribution in [3.05, 3.63) is 0 Å². The second-order valence-electron chi connectivity index (χ2n) is 6.35. The van der Waals surface area contributed by atoms with E-state index in [1.54, 1.807) is 0 Å². The molecule has 1 aliphatic carbocycles. The van der Waals surface area contributed by atoms with Crippen molar-refractivity contribution in [1.29, 1.82) is 0 Å². The molecule has 3 heteroatoms. The van der Waals surface area contributed by atoms with Gasteiger partial charge in [-0.25, -0.2) is 0 Å². The molecule has 0 aromatic carbocycles. The van der Waals surface area contributed by atoms with Crippen LogP contribution in [0.15, 0.2) is 0 Å². The van der Waals surface area contributed by atoms with Gasteiger partial charge in [-0.05, 0) is 29.2 Å². The SMILES string of the molecule is CC(CN)CC(=O)NCC1C(C)(C)C1(C)C. The molecule has 0 aromatic rings. The quantitative estimate of drug-likeness (QED) is 0.750. The van der Waals surface area contributed by atoms with E-state index in [0.29, 0.717) is 29.7 Å². The van der Waals surface area contributed by atoms with Gasteiger partial charge in [-0.1, -0.05) is 34.6 Å². The number of rotatable bonds is 5. The number of carbonyl (C=O) groups is 1. The summed E-state index contributed by atoms with van der Waals surface area (Å²) in [6.07, 6.45) is 0.546. The summed E-state index contributed by atoms with van der Waals surface area (Å²) in [5.41, 5.74) is 6.19. The Labute approximate surface area is 99.2 Å². The van der Waals surface area contributed by atoms with Crippen LogP contribution in [0.25, 0.3) is 0 Å². The Morgan fingerprint density at radius 2 is 1.81 bits per heavy atom. The van der Waals surface area contributed by atoms with Crippen LogP contribution in [0, 0.1) is 22.7 Å². The minimum Gasteiger partial charge on any atom is -0.356 e. The first-order valence-corrected chi connectivity index (χ1v) is 6.20. The first-order chi connectivity index (χ1) is 7.23. The Hall–Kier alpha value is -0.570. The van der Waals surface area contributed by atoms with Crippen molar-refractivity contribution in [2.45, 2.75) is 41.0 Å². The highest BCUT2D eigenvalue weighted by atomic mass is 16.1. The number of hydrogen-bond donors (Lipinski definition) is 2. The van der Waals surface area contributed by atoms with E-state index in [2.05, 4.69) is 33.0 Å². The van der Waals surface area contributed by atoms with Crippen LogP contribution < -0.4 is 11.1 Å². The summed E-state index contributed by atoms with van der Waals surface area (Å²) in [5.74, 6) is 1.01. The van der Waals surface area contributed by atoms with Crippen molar-refractivity contribution >= 4 is 5.91 Å². The summed E-state index contributed by atoms with van der Waals surface area (Å²) in [6, 6.07) is 0. The Bertz CT molecular complexity index is 257. The van der Waals surface area contributed by atoms with Crippen LogP contribution in [0.3, 0.4) is 0 Å². The van der Waals surface area contributed by atoms with Crippen molar-refractivity contribution in [1.82, 2.24) is 5.32 Å². The normalized spacial score (nSPS) is 23.9. The molecule has 1 saturated carbocycles. The average Bonchev–Trinajstić information content (AvgIpc) is 2.54. The number of amides is 1. The van der Waals surface area contributed by atoms with E-state index >= 15 is 0 Å². The Morgan fingerprint density at radius 3 is 2.19 bits per heavy atom. The van der Waals surface area contributed by atoms with Gasteiger partial charge in [-0.15, -0.1) is 0 Å². The molecule has 0 spiro atoms. The van der Waals surface area contributed by atoms with E-state index in [1.165, 1.54) is 0 Å². The standard InChI is InChI=1S/C13H26N2O/c1-9(7-14)6-11(16)15-8-10-12(2,3)13(10,4)5/h9-10H,6-8,14H2,1-5H3,(H,15,16). The van der Waals surface area contributed by atoms with Crippen molar-refractivity contribution < 1.29 is 4.79 Å². The van der Waals surface area contributed by atoms with Gasteiger partial charge in [-0.2, -0.15) is 0 Å². The second-order valence-corrected chi connectivity index (χ2v) is 6.35. The molecule has 0 aromatic heterocycles. The van der Waals surface area contributed by atoms with E-state index in [4.69, 9.17) is 5.73 Å². The minimum atomic E-state index is 0.136. The Kier molecular flexibility index (Phi) is 3.68. The predicted molar refractivity (Wildman–Crippen MR) is 66.9 cm³/mol. The molecule has 3 N–H and O–H groups in total. The zero-order chi connectivity index (χ0) is 12.6. The maximum absolute atomic E-state index is 11.6. The molecule has 0 bridgehead atoms. The third-order valence-electron chi connectivity index (χ3n) is 4.76. The average molecular weight is 226 g/mol. The maximum atomic E-state index is 11.6. The van der Waals surface area contributed by atoms with Gasteiger partial charge in [0, 0.05) is 13.0 Å². The lowest BCUT2D eigenvalue weighted by Gasteiger charge is -2.09. The highest BCUT2D eigenvalue weighted by Gasteiger charge is 2.64. The molecule has 1 aliphatic rings. The zero-order valence-corrected chi connectivity index (χ0v) is 11.3. The largest absolute Gasteiger partial charge is 0.356 e. The topological polar surface area (TPSA) is 55.1 Å². The molecular formula is C13H26N2O. The lowest BCUT2D eigenvalue weighted by molar-refractivity contribution is -0.121. The van der Waals surface area contributed by atoms with E-state index in [1.807, 2.05) is 6.92 Å². The minimum absolute atomic E-state index is 0.136. The predicted octanol–water partition coefficient (Wildman–Crippen LogP) is 1.77. The van der Waals surface area contributed by atoms with Gasteiger partial charge < -0.3 is 11.1 Å². The molecule has 1 rings (SSSR count). The summed E-state index contributed by atoms with van der Waals surface area (Å²) in [6.45, 7) is 12.5. The molecule has 1 unspecified atom stereocenters. The highest BCUT2D eigenvalue weighted by molar-refractivity contribution is 5.76. The smallest absolute Gasteiger partial charge is 0.220 e. The molecule has 0 heterocycles. The lowest BCUT2D eigenvalue weighted by Crippen LogP contribution is -2.29. The molecule has 0 saturated heterocycles. The van der Waals surface area contributed by atoms with Crippen LogP contribution in [0.4, 0.5) is 0 Å². The van der Waals surface area contributed by atoms with E-state index < -0.39 is 0 Å². The molecule has 0 aliphatic heterocycles. The molecule has 1 fully saturated rings. The van der Waals surface area contributed by atoms with Crippen LogP contribution in [0.2, 0.25) is 0 Å². The monoisotopic (exact) mass is 226 g/mol. The van der Waals surface area contributed by atoms with Crippen LogP contribution >= 0.6 is 0 Å². The van der Waals surface area contributed by atoms with Gasteiger partial charge in [0.1, 0.15) is 0 Å². The Morgan fingerprint density at radius 1 is 1.31 bits per heavy atom. The van der Waals surface area contributed by atoms with Crippen LogP contribution in [0.5, 0.6) is 0 Å². The second kappa shape index (κ2) is 4.36. The van der Waals surface area contributed by atoms with E-state index in [-0.39, 0.29) is 11.8 Å². The molecule has 3 nitrogen and oxygen atoms in total. The Balaban J connectivity index is 2.30. The molecule has 1 amide bonds. The number of carbonyl (C=O) groups excluding carboxylic acids is 1. The molecule has 16 heavy (non-hydrogen) atoms. The van der Waals surface area contributed by atoms with Crippen LogP contribution in [-0.4, -0.2) is 19.0 Å². The van der Waals surface area contributed by atoms with Gasteiger partial charge >= 0.3 is 0 Å². The first-order valence-electron chi connectivity index (χ1n) is 6.20. The zero-order valence-electron chi connectivity index (χ0n) is 11.3. The lowest BCUT2D eigenvalue weighted by atomic mass is 10.0. The summed E-state index contributed by atoms with van der Waals surface area (Å²) in [4.78, 5) is 11.6. The number of nitrogens with two attached hydrogens (primary N) is 1. The van der Waals surface area contributed by atoms with Crippen LogP contribution in [-0.2, 0) is 4.79 Å². The summed E-state index contributed by atoms with van der Waals surface area (Å²) >= 11 is 0. The van der Waals surface area contributed by atoms with E-state index in [9.17, 15) is 4.79 Å². The third-order valence-corrected chi connectivity index (χ3v) is 4.76. The van der Waals surface area contributed by atoms with Crippen LogP contribution in [0.1, 0.15) is 41.0 Å². The van der Waals surface area contributed by atoms with E-state index in [0.717, 1.165) is 6.54 Å². The van der Waals surface area contributed by atoms with Gasteiger partial charge in [0.25, 0.3) is 0 Å². The first kappa shape index (κ1) is 13.5. The molecular weight excluding hydrogens is 200 g/mol. The van der Waals surface area contributed by atoms with Crippen molar-refractivity contribution in [2.24, 2.45) is 28.4 Å². The molecule has 0 radical (unpaired) electrons. The summed E-state index contributed by atoms with van der Waals surface area (Å²) < 4.78 is 0. The fourth-order valence-electron chi connectivity index (χ4n) is 2.53. The number of nitrogens with one attached hydrogen (secondary N) is 1. The van der Waals surface area contributed by atoms with Crippen molar-refractivity contribution in [3.63, 3.8) is 0 Å². The molecule has 1 atom stereocenters. The molecule has 94 valence electrons. The number of hydrogen-bond acceptors (Lipinski definition) is 2. The van der Waals surface area contributed by atoms with Crippen molar-refractivity contribution in [2.75, 3.05) is 13.1 Å².